The molecular formula is C37H49F2N7O6S. The van der Waals surface area contributed by atoms with Crippen LogP contribution in [0.5, 0.6) is 5.75 Å². The number of piperidine rings is 3. The Morgan fingerprint density at radius 1 is 0.962 bits per heavy atom. The second kappa shape index (κ2) is 17.4. The molecule has 16 heteroatoms. The molecule has 4 fully saturated rings. The van der Waals surface area contributed by atoms with Gasteiger partial charge in [0.25, 0.3) is 12.0 Å². The Bertz CT molecular complexity index is 1890. The first-order chi connectivity index (χ1) is 25.4. The Morgan fingerprint density at radius 2 is 1.66 bits per heavy atom. The molecule has 0 bridgehead atoms. The van der Waals surface area contributed by atoms with Crippen LogP contribution in [-0.4, -0.2) is 95.0 Å². The molecule has 3 aliphatic heterocycles. The lowest BCUT2D eigenvalue weighted by molar-refractivity contribution is -0.134. The fraction of sp³-hybridized carbons (Fsp3) is 0.595. The lowest BCUT2D eigenvalue weighted by Gasteiger charge is -2.34. The lowest BCUT2D eigenvalue weighted by atomic mass is 9.90. The molecule has 0 spiro atoms. The van der Waals surface area contributed by atoms with Crippen molar-refractivity contribution in [2.24, 2.45) is 5.92 Å². The summed E-state index contributed by atoms with van der Waals surface area (Å²) in [6.45, 7) is 4.92. The van der Waals surface area contributed by atoms with E-state index in [2.05, 4.69) is 37.4 Å². The van der Waals surface area contributed by atoms with Crippen LogP contribution in [0.15, 0.2) is 41.3 Å². The molecule has 1 aliphatic carbocycles. The zero-order chi connectivity index (χ0) is 37.5. The number of aromatic nitrogens is 3. The molecule has 3 saturated heterocycles. The quantitative estimate of drug-likeness (QED) is 0.247. The van der Waals surface area contributed by atoms with Crippen molar-refractivity contribution in [1.82, 2.24) is 29.5 Å². The number of hydrogen-bond donors (Lipinski definition) is 3. The van der Waals surface area contributed by atoms with Gasteiger partial charge in [0.15, 0.2) is 0 Å². The highest BCUT2D eigenvalue weighted by Gasteiger charge is 2.31. The number of nitrogens with zero attached hydrogens (tertiary/aromatic N) is 4. The average molecular weight is 758 g/mol. The number of anilines is 1. The topological polar surface area (TPSA) is 167 Å². The SMILES string of the molecule is CC1CCCC1.O=C1CCC(c2ccc(OC3CCN(CCS(=O)(=O)N4CCC(Nc5ncc6cc(C(F)F)c(=O)[nH]c6n5)CC4)CC3)cc2)C(=O)N1. The Hall–Kier alpha value is -4.02. The molecule has 1 atom stereocenters. The number of hydrogen-bond acceptors (Lipinski definition) is 10. The number of sulfonamides is 1. The number of imide groups is 1. The maximum atomic E-state index is 13.1. The van der Waals surface area contributed by atoms with Crippen LogP contribution in [0, 0.1) is 5.92 Å². The number of carbonyl (C=O) groups excluding carboxylic acids is 2. The van der Waals surface area contributed by atoms with Gasteiger partial charge in [-0.15, -0.1) is 0 Å². The first-order valence-electron chi connectivity index (χ1n) is 18.7. The van der Waals surface area contributed by atoms with Crippen molar-refractivity contribution in [1.29, 1.82) is 0 Å². The van der Waals surface area contributed by atoms with Crippen molar-refractivity contribution in [2.75, 3.05) is 43.8 Å². The first-order valence-corrected chi connectivity index (χ1v) is 20.3. The van der Waals surface area contributed by atoms with Crippen molar-refractivity contribution in [3.63, 3.8) is 0 Å². The predicted octanol–water partition coefficient (Wildman–Crippen LogP) is 4.72. The van der Waals surface area contributed by atoms with E-state index >= 15 is 0 Å². The van der Waals surface area contributed by atoms with Crippen LogP contribution in [0.25, 0.3) is 11.0 Å². The van der Waals surface area contributed by atoms with Gasteiger partial charge in [-0.25, -0.2) is 26.5 Å². The van der Waals surface area contributed by atoms with Gasteiger partial charge in [0.1, 0.15) is 17.5 Å². The second-order valence-electron chi connectivity index (χ2n) is 14.6. The third-order valence-electron chi connectivity index (χ3n) is 10.7. The minimum absolute atomic E-state index is 0.0118. The number of aromatic amines is 1. The van der Waals surface area contributed by atoms with Gasteiger partial charge < -0.3 is 19.9 Å². The largest absolute Gasteiger partial charge is 0.490 e. The van der Waals surface area contributed by atoms with Gasteiger partial charge in [0, 0.05) is 56.8 Å². The van der Waals surface area contributed by atoms with Crippen molar-refractivity contribution in [3.8, 4) is 5.75 Å². The maximum Gasteiger partial charge on any atom is 0.269 e. The summed E-state index contributed by atoms with van der Waals surface area (Å²) in [5, 5.41) is 5.84. The van der Waals surface area contributed by atoms with Crippen molar-refractivity contribution < 1.29 is 31.5 Å². The minimum atomic E-state index is -3.45. The van der Waals surface area contributed by atoms with Gasteiger partial charge in [-0.1, -0.05) is 44.7 Å². The van der Waals surface area contributed by atoms with Gasteiger partial charge in [0.2, 0.25) is 27.8 Å². The van der Waals surface area contributed by atoms with Crippen LogP contribution in [0.4, 0.5) is 14.7 Å². The summed E-state index contributed by atoms with van der Waals surface area (Å²) in [5.41, 5.74) is -0.537. The molecule has 1 aromatic carbocycles. The molecule has 5 heterocycles. The average Bonchev–Trinajstić information content (AvgIpc) is 3.63. The molecule has 7 rings (SSSR count). The number of fused-ring (bicyclic) bond motifs is 1. The standard InChI is InChI=1S/C31H37F2N7O6S.C6H12/c32-27(33)25-17-20-18-34-31(38-28(20)37-30(25)43)35-21-7-13-40(14-8-21)47(44,45)16-15-39-11-9-23(10-12-39)46-22-3-1-19(2-4-22)24-5-6-26(41)36-29(24)42;1-6-4-2-3-5-6/h1-4,17-18,21,23-24,27H,5-16H2,(H,36,41,42)(H2,34,35,37,38,43);6H,2-5H2,1H3. The number of likely N-dealkylation sites (tertiary alicyclic amines) is 1. The van der Waals surface area contributed by atoms with Crippen LogP contribution in [0.1, 0.15) is 94.6 Å². The van der Waals surface area contributed by atoms with E-state index in [-0.39, 0.29) is 47.2 Å². The van der Waals surface area contributed by atoms with E-state index in [1.54, 1.807) is 0 Å². The smallest absolute Gasteiger partial charge is 0.269 e. The van der Waals surface area contributed by atoms with Gasteiger partial charge in [-0.3, -0.25) is 19.7 Å². The van der Waals surface area contributed by atoms with Gasteiger partial charge in [-0.05, 0) is 61.8 Å². The zero-order valence-corrected chi connectivity index (χ0v) is 30.9. The highest BCUT2D eigenvalue weighted by atomic mass is 32.2. The van der Waals surface area contributed by atoms with Crippen LogP contribution >= 0.6 is 0 Å². The van der Waals surface area contributed by atoms with E-state index in [1.807, 2.05) is 24.3 Å². The molecule has 288 valence electrons. The summed E-state index contributed by atoms with van der Waals surface area (Å²) in [6.07, 6.45) is 7.87. The van der Waals surface area contributed by atoms with E-state index in [0.29, 0.717) is 56.5 Å². The number of benzene rings is 1. The third kappa shape index (κ3) is 10.4. The fourth-order valence-corrected chi connectivity index (χ4v) is 8.95. The molecule has 1 unspecified atom stereocenters. The number of alkyl halides is 2. The summed E-state index contributed by atoms with van der Waals surface area (Å²) >= 11 is 0. The van der Waals surface area contributed by atoms with Crippen LogP contribution in [-0.2, 0) is 19.6 Å². The molecule has 2 amide bonds. The summed E-state index contributed by atoms with van der Waals surface area (Å²) in [5.74, 6) is 1.18. The summed E-state index contributed by atoms with van der Waals surface area (Å²) in [6, 6.07) is 8.42. The number of halogens is 2. The van der Waals surface area contributed by atoms with Crippen LogP contribution in [0.2, 0.25) is 0 Å². The molecule has 4 aliphatic rings. The summed E-state index contributed by atoms with van der Waals surface area (Å²) < 4.78 is 60.0. The number of H-pyrrole nitrogens is 1. The van der Waals surface area contributed by atoms with Gasteiger partial charge in [-0.2, -0.15) is 4.98 Å². The predicted molar refractivity (Wildman–Crippen MR) is 196 cm³/mol. The Labute approximate surface area is 308 Å². The molecule has 3 N–H and O–H groups in total. The van der Waals surface area contributed by atoms with E-state index in [0.717, 1.165) is 43.5 Å². The molecule has 13 nitrogen and oxygen atoms in total. The maximum absolute atomic E-state index is 13.1. The number of nitrogens with one attached hydrogen (secondary N) is 3. The highest BCUT2D eigenvalue weighted by molar-refractivity contribution is 7.89. The van der Waals surface area contributed by atoms with E-state index in [9.17, 15) is 31.6 Å². The van der Waals surface area contributed by atoms with Gasteiger partial charge >= 0.3 is 0 Å². The zero-order valence-electron chi connectivity index (χ0n) is 30.1. The Morgan fingerprint density at radius 3 is 2.28 bits per heavy atom. The number of rotatable bonds is 10. The Balaban J connectivity index is 0.000000729. The monoisotopic (exact) mass is 757 g/mol. The molecular weight excluding hydrogens is 709 g/mol. The summed E-state index contributed by atoms with van der Waals surface area (Å²) in [7, 11) is -3.45. The number of pyridine rings is 1. The third-order valence-corrected chi connectivity index (χ3v) is 12.6. The number of carbonyl (C=O) groups is 2. The fourth-order valence-electron chi connectivity index (χ4n) is 7.44. The van der Waals surface area contributed by atoms with Crippen molar-refractivity contribution >= 4 is 38.8 Å². The van der Waals surface area contributed by atoms with Crippen LogP contribution < -0.4 is 20.9 Å². The second-order valence-corrected chi connectivity index (χ2v) is 16.7. The first kappa shape index (κ1) is 38.7. The van der Waals surface area contributed by atoms with E-state index in [1.165, 1.54) is 36.2 Å². The van der Waals surface area contributed by atoms with E-state index < -0.39 is 27.6 Å². The van der Waals surface area contributed by atoms with Crippen LogP contribution in [0.3, 0.4) is 0 Å². The van der Waals surface area contributed by atoms with Crippen molar-refractivity contribution in [2.45, 2.75) is 95.6 Å². The summed E-state index contributed by atoms with van der Waals surface area (Å²) in [4.78, 5) is 48.4. The highest BCUT2D eigenvalue weighted by Crippen LogP contribution is 2.28. The van der Waals surface area contributed by atoms with Gasteiger partial charge in [0.05, 0.1) is 17.2 Å². The molecule has 3 aromatic rings. The van der Waals surface area contributed by atoms with E-state index in [4.69, 9.17) is 4.74 Å². The molecule has 0 radical (unpaired) electrons. The number of ether oxygens (including phenoxy) is 1. The molecule has 1 saturated carbocycles. The normalized spacial score (nSPS) is 21.4. The molecule has 2 aromatic heterocycles. The number of amides is 2. The Kier molecular flexibility index (Phi) is 12.7. The lowest BCUT2D eigenvalue weighted by Crippen LogP contribution is -2.46. The minimum Gasteiger partial charge on any atom is -0.490 e. The molecule has 53 heavy (non-hydrogen) atoms. The van der Waals surface area contributed by atoms with Crippen molar-refractivity contribution in [3.05, 3.63) is 58.0 Å².